The smallest absolute Gasteiger partial charge is 0.164 e. The first kappa shape index (κ1) is 16.7. The number of fused-ring (bicyclic) bond motifs is 1. The van der Waals surface area contributed by atoms with Crippen molar-refractivity contribution in [2.75, 3.05) is 5.75 Å². The van der Waals surface area contributed by atoms with Crippen LogP contribution in [-0.2, 0) is 5.41 Å². The van der Waals surface area contributed by atoms with E-state index in [9.17, 15) is 5.26 Å². The molecule has 7 heteroatoms. The van der Waals surface area contributed by atoms with Crippen LogP contribution >= 0.6 is 23.4 Å². The molecule has 0 aliphatic carbocycles. The van der Waals surface area contributed by atoms with Crippen molar-refractivity contribution in [1.82, 2.24) is 19.4 Å². The van der Waals surface area contributed by atoms with E-state index in [0.717, 1.165) is 27.4 Å². The Bertz CT molecular complexity index is 942. The van der Waals surface area contributed by atoms with Crippen LogP contribution in [0.3, 0.4) is 0 Å². The summed E-state index contributed by atoms with van der Waals surface area (Å²) in [6.07, 6.45) is 6.90. The molecule has 0 radical (unpaired) electrons. The van der Waals surface area contributed by atoms with Gasteiger partial charge in [-0.15, -0.1) is 11.8 Å². The van der Waals surface area contributed by atoms with E-state index in [2.05, 4.69) is 27.9 Å². The predicted molar refractivity (Wildman–Crippen MR) is 96.3 cm³/mol. The van der Waals surface area contributed by atoms with Gasteiger partial charge in [0.25, 0.3) is 0 Å². The van der Waals surface area contributed by atoms with Crippen molar-refractivity contribution in [3.8, 4) is 17.6 Å². The number of rotatable bonds is 4. The Morgan fingerprint density at radius 3 is 2.79 bits per heavy atom. The largest absolute Gasteiger partial charge is 0.294 e. The molecular formula is C17H16ClN5S. The Kier molecular flexibility index (Phi) is 4.48. The van der Waals surface area contributed by atoms with E-state index >= 15 is 0 Å². The van der Waals surface area contributed by atoms with E-state index in [1.807, 2.05) is 30.5 Å². The molecule has 0 saturated heterocycles. The van der Waals surface area contributed by atoms with Gasteiger partial charge in [0.1, 0.15) is 11.2 Å². The number of pyridine rings is 1. The first-order valence-electron chi connectivity index (χ1n) is 7.50. The molecule has 3 aromatic heterocycles. The molecule has 0 aliphatic heterocycles. The number of hydrogen-bond donors (Lipinski definition) is 0. The molecule has 0 saturated carbocycles. The highest BCUT2D eigenvalue weighted by molar-refractivity contribution is 7.99. The van der Waals surface area contributed by atoms with Crippen molar-refractivity contribution in [1.29, 1.82) is 5.26 Å². The van der Waals surface area contributed by atoms with Gasteiger partial charge in [-0.3, -0.25) is 9.38 Å². The van der Waals surface area contributed by atoms with Gasteiger partial charge in [-0.2, -0.15) is 5.26 Å². The van der Waals surface area contributed by atoms with Gasteiger partial charge in [0.15, 0.2) is 11.0 Å². The Morgan fingerprint density at radius 1 is 1.29 bits per heavy atom. The SMILES string of the molecule is CCSc1cc(C(C)(C)C#N)cnc1-c1ncc2c(Cl)nccn12. The second-order valence-corrected chi connectivity index (χ2v) is 7.46. The fourth-order valence-corrected chi connectivity index (χ4v) is 3.35. The maximum absolute atomic E-state index is 9.37. The molecule has 0 aromatic carbocycles. The number of halogens is 1. The van der Waals surface area contributed by atoms with Crippen LogP contribution in [-0.4, -0.2) is 25.1 Å². The normalized spacial score (nSPS) is 11.6. The fraction of sp³-hybridized carbons (Fsp3) is 0.294. The average molecular weight is 358 g/mol. The third kappa shape index (κ3) is 2.85. The lowest BCUT2D eigenvalue weighted by Crippen LogP contribution is -2.14. The number of aromatic nitrogens is 4. The summed E-state index contributed by atoms with van der Waals surface area (Å²) in [5.41, 5.74) is 1.83. The minimum Gasteiger partial charge on any atom is -0.294 e. The van der Waals surface area contributed by atoms with Gasteiger partial charge < -0.3 is 0 Å². The molecule has 0 atom stereocenters. The van der Waals surface area contributed by atoms with Crippen molar-refractivity contribution in [3.63, 3.8) is 0 Å². The second-order valence-electron chi connectivity index (χ2n) is 5.80. The van der Waals surface area contributed by atoms with E-state index in [-0.39, 0.29) is 0 Å². The quantitative estimate of drug-likeness (QED) is 0.649. The molecular weight excluding hydrogens is 342 g/mol. The summed E-state index contributed by atoms with van der Waals surface area (Å²) >= 11 is 7.81. The van der Waals surface area contributed by atoms with Gasteiger partial charge in [-0.05, 0) is 31.2 Å². The van der Waals surface area contributed by atoms with E-state index in [1.54, 1.807) is 30.4 Å². The van der Waals surface area contributed by atoms with Gasteiger partial charge in [-0.25, -0.2) is 9.97 Å². The molecule has 0 bridgehead atoms. The summed E-state index contributed by atoms with van der Waals surface area (Å²) in [5, 5.41) is 9.78. The van der Waals surface area contributed by atoms with Crippen LogP contribution in [0, 0.1) is 11.3 Å². The van der Waals surface area contributed by atoms with Crippen molar-refractivity contribution in [3.05, 3.63) is 41.6 Å². The molecule has 24 heavy (non-hydrogen) atoms. The maximum Gasteiger partial charge on any atom is 0.164 e. The van der Waals surface area contributed by atoms with Crippen LogP contribution in [0.5, 0.6) is 0 Å². The summed E-state index contributed by atoms with van der Waals surface area (Å²) < 4.78 is 1.88. The second kappa shape index (κ2) is 6.42. The lowest BCUT2D eigenvalue weighted by molar-refractivity contribution is 0.680. The highest BCUT2D eigenvalue weighted by Crippen LogP contribution is 2.33. The first-order valence-corrected chi connectivity index (χ1v) is 8.86. The molecule has 0 aliphatic rings. The van der Waals surface area contributed by atoms with Crippen LogP contribution < -0.4 is 0 Å². The van der Waals surface area contributed by atoms with Gasteiger partial charge >= 0.3 is 0 Å². The average Bonchev–Trinajstić information content (AvgIpc) is 3.00. The van der Waals surface area contributed by atoms with Crippen LogP contribution in [0.15, 0.2) is 35.7 Å². The molecule has 5 nitrogen and oxygen atoms in total. The third-order valence-corrected chi connectivity index (χ3v) is 4.98. The molecule has 3 rings (SSSR count). The summed E-state index contributed by atoms with van der Waals surface area (Å²) in [6, 6.07) is 4.35. The van der Waals surface area contributed by atoms with Crippen LogP contribution in [0.1, 0.15) is 26.3 Å². The van der Waals surface area contributed by atoms with Gasteiger partial charge in [0, 0.05) is 23.5 Å². The number of nitrogens with zero attached hydrogens (tertiary/aromatic N) is 5. The molecule has 0 fully saturated rings. The number of nitriles is 1. The van der Waals surface area contributed by atoms with Gasteiger partial charge in [0.05, 0.1) is 17.7 Å². The molecule has 0 spiro atoms. The predicted octanol–water partition coefficient (Wildman–Crippen LogP) is 4.36. The van der Waals surface area contributed by atoms with Crippen LogP contribution in [0.2, 0.25) is 5.15 Å². The highest BCUT2D eigenvalue weighted by atomic mass is 35.5. The minimum atomic E-state index is -0.587. The van der Waals surface area contributed by atoms with Crippen LogP contribution in [0.4, 0.5) is 0 Å². The lowest BCUT2D eigenvalue weighted by Gasteiger charge is -2.17. The van der Waals surface area contributed by atoms with Crippen LogP contribution in [0.25, 0.3) is 17.0 Å². The Hall–Kier alpha value is -2.10. The minimum absolute atomic E-state index is 0.406. The van der Waals surface area contributed by atoms with E-state index < -0.39 is 5.41 Å². The standard InChI is InChI=1S/C17H16ClN5S/c1-4-24-13-7-11(17(2,3)10-19)8-21-14(13)16-22-9-12-15(18)20-5-6-23(12)16/h5-9H,4H2,1-3H3. The highest BCUT2D eigenvalue weighted by Gasteiger charge is 2.23. The first-order chi connectivity index (χ1) is 11.5. The Labute approximate surface area is 149 Å². The number of hydrogen-bond acceptors (Lipinski definition) is 5. The van der Waals surface area contributed by atoms with Crippen molar-refractivity contribution < 1.29 is 0 Å². The zero-order valence-electron chi connectivity index (χ0n) is 13.6. The lowest BCUT2D eigenvalue weighted by atomic mass is 9.87. The van der Waals surface area contributed by atoms with Gasteiger partial charge in [-0.1, -0.05) is 18.5 Å². The summed E-state index contributed by atoms with van der Waals surface area (Å²) in [5.74, 6) is 1.61. The number of imidazole rings is 1. The topological polar surface area (TPSA) is 66.9 Å². The summed E-state index contributed by atoms with van der Waals surface area (Å²) in [7, 11) is 0. The summed E-state index contributed by atoms with van der Waals surface area (Å²) in [6.45, 7) is 5.86. The van der Waals surface area contributed by atoms with E-state index in [4.69, 9.17) is 11.6 Å². The maximum atomic E-state index is 9.37. The van der Waals surface area contributed by atoms with E-state index in [1.165, 1.54) is 0 Å². The van der Waals surface area contributed by atoms with Crippen molar-refractivity contribution in [2.24, 2.45) is 0 Å². The molecule has 3 heterocycles. The van der Waals surface area contributed by atoms with Crippen molar-refractivity contribution >= 4 is 28.9 Å². The van der Waals surface area contributed by atoms with E-state index in [0.29, 0.717) is 11.0 Å². The number of thioether (sulfide) groups is 1. The molecule has 0 unspecified atom stereocenters. The zero-order chi connectivity index (χ0) is 17.3. The Balaban J connectivity index is 2.20. The summed E-state index contributed by atoms with van der Waals surface area (Å²) in [4.78, 5) is 14.2. The van der Waals surface area contributed by atoms with Gasteiger partial charge in [0.2, 0.25) is 0 Å². The molecule has 122 valence electrons. The molecule has 0 amide bonds. The third-order valence-electron chi connectivity index (χ3n) is 3.78. The zero-order valence-corrected chi connectivity index (χ0v) is 15.2. The monoisotopic (exact) mass is 357 g/mol. The fourth-order valence-electron chi connectivity index (χ4n) is 2.36. The molecule has 3 aromatic rings. The Morgan fingerprint density at radius 2 is 2.08 bits per heavy atom. The van der Waals surface area contributed by atoms with Crippen molar-refractivity contribution in [2.45, 2.75) is 31.1 Å². The molecule has 0 N–H and O–H groups in total.